The standard InChI is InChI=1S/C7H15NO3Si/c1-4-5-12(10-2,11-3)7-8-6-9/h4-5,7H2,1-3H3. The van der Waals surface area contributed by atoms with Crippen LogP contribution in [0.25, 0.3) is 0 Å². The lowest BCUT2D eigenvalue weighted by molar-refractivity contribution is 0.242. The minimum Gasteiger partial charge on any atom is -0.397 e. The highest BCUT2D eigenvalue weighted by Gasteiger charge is 2.34. The summed E-state index contributed by atoms with van der Waals surface area (Å²) in [7, 11) is 1.01. The number of nitrogens with zero attached hydrogens (tertiary/aromatic N) is 1. The van der Waals surface area contributed by atoms with Gasteiger partial charge < -0.3 is 8.85 Å². The molecule has 0 N–H and O–H groups in total. The fraction of sp³-hybridized carbons (Fsp3) is 0.857. The summed E-state index contributed by atoms with van der Waals surface area (Å²) in [6, 6.07) is 0.852. The fourth-order valence-electron chi connectivity index (χ4n) is 1.03. The first-order valence-electron chi connectivity index (χ1n) is 3.88. The number of aliphatic imine (C=N–C) groups is 1. The first-order valence-corrected chi connectivity index (χ1v) is 6.11. The summed E-state index contributed by atoms with van der Waals surface area (Å²) in [5.41, 5.74) is 0. The van der Waals surface area contributed by atoms with Gasteiger partial charge in [0.1, 0.15) is 0 Å². The fourth-order valence-corrected chi connectivity index (χ4v) is 3.09. The lowest BCUT2D eigenvalue weighted by atomic mass is 10.6. The zero-order valence-electron chi connectivity index (χ0n) is 7.79. The van der Waals surface area contributed by atoms with Crippen LogP contribution >= 0.6 is 0 Å². The monoisotopic (exact) mass is 189 g/mol. The van der Waals surface area contributed by atoms with Crippen molar-refractivity contribution < 1.29 is 13.6 Å². The summed E-state index contributed by atoms with van der Waals surface area (Å²) in [6.07, 6.45) is 2.82. The predicted molar refractivity (Wildman–Crippen MR) is 47.9 cm³/mol. The van der Waals surface area contributed by atoms with Gasteiger partial charge in [0.2, 0.25) is 6.08 Å². The highest BCUT2D eigenvalue weighted by molar-refractivity contribution is 6.67. The highest BCUT2D eigenvalue weighted by Crippen LogP contribution is 2.13. The molecular weight excluding hydrogens is 174 g/mol. The van der Waals surface area contributed by atoms with Crippen LogP contribution in [0.1, 0.15) is 13.3 Å². The minimum atomic E-state index is -2.19. The van der Waals surface area contributed by atoms with E-state index in [1.807, 2.05) is 6.92 Å². The Morgan fingerprint density at radius 2 is 2.00 bits per heavy atom. The van der Waals surface area contributed by atoms with E-state index >= 15 is 0 Å². The van der Waals surface area contributed by atoms with E-state index in [0.717, 1.165) is 12.5 Å². The molecule has 0 spiro atoms. The molecule has 0 aromatic carbocycles. The van der Waals surface area contributed by atoms with Gasteiger partial charge in [-0.25, -0.2) is 9.79 Å². The Morgan fingerprint density at radius 3 is 2.33 bits per heavy atom. The Kier molecular flexibility index (Phi) is 5.83. The van der Waals surface area contributed by atoms with Crippen LogP contribution in [0.2, 0.25) is 6.04 Å². The van der Waals surface area contributed by atoms with Crippen LogP contribution in [0.3, 0.4) is 0 Å². The molecule has 12 heavy (non-hydrogen) atoms. The van der Waals surface area contributed by atoms with E-state index in [-0.39, 0.29) is 0 Å². The normalized spacial score (nSPS) is 10.9. The van der Waals surface area contributed by atoms with Crippen LogP contribution < -0.4 is 0 Å². The van der Waals surface area contributed by atoms with Gasteiger partial charge in [-0.3, -0.25) is 0 Å². The maximum Gasteiger partial charge on any atom is 0.360 e. The van der Waals surface area contributed by atoms with E-state index in [4.69, 9.17) is 8.85 Å². The second-order valence-corrected chi connectivity index (χ2v) is 5.93. The number of hydrogen-bond donors (Lipinski definition) is 0. The van der Waals surface area contributed by atoms with E-state index < -0.39 is 8.56 Å². The molecule has 4 nitrogen and oxygen atoms in total. The molecule has 0 rings (SSSR count). The molecule has 0 unspecified atom stereocenters. The van der Waals surface area contributed by atoms with Crippen molar-refractivity contribution in [2.24, 2.45) is 4.99 Å². The Labute approximate surface area is 73.8 Å². The second kappa shape index (κ2) is 6.08. The molecule has 0 aromatic rings. The lowest BCUT2D eigenvalue weighted by Gasteiger charge is -2.24. The third-order valence-corrected chi connectivity index (χ3v) is 5.15. The SMILES string of the molecule is CCC[Si](CN=C=O)(OC)OC. The van der Waals surface area contributed by atoms with Crippen LogP contribution in [-0.2, 0) is 13.6 Å². The number of hydrogen-bond acceptors (Lipinski definition) is 4. The van der Waals surface area contributed by atoms with Crippen molar-refractivity contribution in [2.75, 3.05) is 20.4 Å². The molecule has 0 aliphatic carbocycles. The zero-order chi connectivity index (χ0) is 9.45. The summed E-state index contributed by atoms with van der Waals surface area (Å²) in [4.78, 5) is 13.4. The zero-order valence-corrected chi connectivity index (χ0v) is 8.79. The van der Waals surface area contributed by atoms with Crippen LogP contribution in [0.5, 0.6) is 0 Å². The molecule has 0 atom stereocenters. The van der Waals surface area contributed by atoms with Crippen LogP contribution in [0.4, 0.5) is 0 Å². The van der Waals surface area contributed by atoms with Crippen LogP contribution in [0, 0.1) is 0 Å². The number of isocyanates is 1. The molecule has 0 aliphatic heterocycles. The number of rotatable bonds is 6. The van der Waals surface area contributed by atoms with Gasteiger partial charge in [0.05, 0.1) is 6.17 Å². The van der Waals surface area contributed by atoms with E-state index in [0.29, 0.717) is 6.17 Å². The van der Waals surface area contributed by atoms with Crippen molar-refractivity contribution >= 4 is 14.6 Å². The van der Waals surface area contributed by atoms with Crippen LogP contribution in [0.15, 0.2) is 4.99 Å². The topological polar surface area (TPSA) is 47.9 Å². The molecule has 0 fully saturated rings. The maximum absolute atomic E-state index is 9.91. The Bertz CT molecular complexity index is 164. The minimum absolute atomic E-state index is 0.345. The molecule has 0 bridgehead atoms. The first kappa shape index (κ1) is 11.5. The molecule has 70 valence electrons. The van der Waals surface area contributed by atoms with E-state index in [9.17, 15) is 4.79 Å². The van der Waals surface area contributed by atoms with Crippen molar-refractivity contribution in [3.63, 3.8) is 0 Å². The molecule has 0 aliphatic rings. The predicted octanol–water partition coefficient (Wildman–Crippen LogP) is 1.01. The Balaban J connectivity index is 4.22. The van der Waals surface area contributed by atoms with Gasteiger partial charge in [-0.1, -0.05) is 13.3 Å². The van der Waals surface area contributed by atoms with Gasteiger partial charge in [0, 0.05) is 14.2 Å². The second-order valence-electron chi connectivity index (χ2n) is 2.48. The van der Waals surface area contributed by atoms with Gasteiger partial charge in [0.15, 0.2) is 0 Å². The lowest BCUT2D eigenvalue weighted by Crippen LogP contribution is -2.43. The van der Waals surface area contributed by atoms with Crippen molar-refractivity contribution in [1.29, 1.82) is 0 Å². The van der Waals surface area contributed by atoms with Gasteiger partial charge in [-0.2, -0.15) is 0 Å². The van der Waals surface area contributed by atoms with Crippen molar-refractivity contribution in [3.8, 4) is 0 Å². The summed E-state index contributed by atoms with van der Waals surface area (Å²) in [6.45, 7) is 2.05. The first-order chi connectivity index (χ1) is 5.74. The van der Waals surface area contributed by atoms with E-state index in [1.54, 1.807) is 14.2 Å². The quantitative estimate of drug-likeness (QED) is 0.356. The molecule has 0 radical (unpaired) electrons. The third kappa shape index (κ3) is 3.28. The van der Waals surface area contributed by atoms with Crippen molar-refractivity contribution in [1.82, 2.24) is 0 Å². The van der Waals surface area contributed by atoms with Crippen molar-refractivity contribution in [3.05, 3.63) is 0 Å². The average Bonchev–Trinajstić information content (AvgIpc) is 2.13. The largest absolute Gasteiger partial charge is 0.397 e. The summed E-state index contributed by atoms with van der Waals surface area (Å²) >= 11 is 0. The molecule has 0 saturated carbocycles. The summed E-state index contributed by atoms with van der Waals surface area (Å²) in [5.74, 6) is 0. The molecular formula is C7H15NO3Si. The van der Waals surface area contributed by atoms with Gasteiger partial charge in [0.25, 0.3) is 0 Å². The third-order valence-electron chi connectivity index (χ3n) is 1.76. The maximum atomic E-state index is 9.91. The highest BCUT2D eigenvalue weighted by atomic mass is 28.4. The van der Waals surface area contributed by atoms with Crippen molar-refractivity contribution in [2.45, 2.75) is 19.4 Å². The molecule has 0 saturated heterocycles. The molecule has 0 amide bonds. The van der Waals surface area contributed by atoms with E-state index in [2.05, 4.69) is 4.99 Å². The van der Waals surface area contributed by atoms with Gasteiger partial charge in [-0.05, 0) is 6.04 Å². The smallest absolute Gasteiger partial charge is 0.360 e. The van der Waals surface area contributed by atoms with Crippen LogP contribution in [-0.4, -0.2) is 35.0 Å². The van der Waals surface area contributed by atoms with Gasteiger partial charge >= 0.3 is 8.56 Å². The Hall–Kier alpha value is -0.483. The molecule has 0 heterocycles. The molecule has 0 aromatic heterocycles. The summed E-state index contributed by atoms with van der Waals surface area (Å²) in [5, 5.41) is 0. The summed E-state index contributed by atoms with van der Waals surface area (Å²) < 4.78 is 10.5. The average molecular weight is 189 g/mol. The Morgan fingerprint density at radius 1 is 1.42 bits per heavy atom. The number of carbonyl (C=O) groups excluding carboxylic acids is 1. The van der Waals surface area contributed by atoms with E-state index in [1.165, 1.54) is 6.08 Å². The van der Waals surface area contributed by atoms with Gasteiger partial charge in [-0.15, -0.1) is 0 Å². The molecule has 5 heteroatoms.